The molecule has 0 radical (unpaired) electrons. The van der Waals surface area contributed by atoms with Gasteiger partial charge < -0.3 is 0 Å². The van der Waals surface area contributed by atoms with Crippen molar-refractivity contribution in [2.45, 2.75) is 0 Å². The minimum Gasteiger partial charge on any atom is -0.158 e. The molecule has 0 bridgehead atoms. The number of rotatable bonds is 0. The standard InChI is InChI=1S/C12H6N6/c1-7-8(2-14-13-1)10-4-17-18-6-12(10)11-5-16-15-3-9(7)11/h1-6H. The highest BCUT2D eigenvalue weighted by Gasteiger charge is 2.09. The molecule has 0 atom stereocenters. The number of fused-ring (bicyclic) bond motifs is 6. The van der Waals surface area contributed by atoms with Crippen LogP contribution in [0.1, 0.15) is 0 Å². The van der Waals surface area contributed by atoms with Crippen LogP contribution in [-0.2, 0) is 0 Å². The molecule has 0 unspecified atom stereocenters. The van der Waals surface area contributed by atoms with Crippen molar-refractivity contribution in [1.82, 2.24) is 30.6 Å². The Morgan fingerprint density at radius 1 is 0.333 bits per heavy atom. The van der Waals surface area contributed by atoms with Gasteiger partial charge in [0.1, 0.15) is 0 Å². The van der Waals surface area contributed by atoms with Crippen LogP contribution in [0.3, 0.4) is 0 Å². The van der Waals surface area contributed by atoms with Gasteiger partial charge in [-0.1, -0.05) is 0 Å². The van der Waals surface area contributed by atoms with E-state index in [-0.39, 0.29) is 0 Å². The summed E-state index contributed by atoms with van der Waals surface area (Å²) in [6.07, 6.45) is 10.4. The predicted molar refractivity (Wildman–Crippen MR) is 65.7 cm³/mol. The van der Waals surface area contributed by atoms with E-state index in [1.54, 1.807) is 37.2 Å². The average molecular weight is 234 g/mol. The van der Waals surface area contributed by atoms with Crippen LogP contribution in [0.25, 0.3) is 32.3 Å². The van der Waals surface area contributed by atoms with Gasteiger partial charge in [-0.05, 0) is 0 Å². The van der Waals surface area contributed by atoms with Crippen molar-refractivity contribution in [3.05, 3.63) is 37.2 Å². The van der Waals surface area contributed by atoms with Crippen molar-refractivity contribution < 1.29 is 0 Å². The summed E-state index contributed by atoms with van der Waals surface area (Å²) in [5.41, 5.74) is 0. The molecule has 84 valence electrons. The van der Waals surface area contributed by atoms with Crippen LogP contribution in [0.5, 0.6) is 0 Å². The van der Waals surface area contributed by atoms with E-state index in [1.165, 1.54) is 0 Å². The highest BCUT2D eigenvalue weighted by molar-refractivity contribution is 6.24. The van der Waals surface area contributed by atoms with Gasteiger partial charge in [-0.15, -0.1) is 0 Å². The summed E-state index contributed by atoms with van der Waals surface area (Å²) in [6, 6.07) is 0. The number of hydrogen-bond acceptors (Lipinski definition) is 6. The highest BCUT2D eigenvalue weighted by Crippen LogP contribution is 2.31. The third-order valence-electron chi connectivity index (χ3n) is 3.06. The topological polar surface area (TPSA) is 77.3 Å². The van der Waals surface area contributed by atoms with Crippen LogP contribution in [0.15, 0.2) is 37.2 Å². The molecule has 6 nitrogen and oxygen atoms in total. The van der Waals surface area contributed by atoms with E-state index in [9.17, 15) is 0 Å². The molecule has 6 heteroatoms. The van der Waals surface area contributed by atoms with Gasteiger partial charge in [-0.3, -0.25) is 0 Å². The van der Waals surface area contributed by atoms with Crippen molar-refractivity contribution in [1.29, 1.82) is 0 Å². The average Bonchev–Trinajstić information content (AvgIpc) is 2.48. The molecule has 0 fully saturated rings. The molecular weight excluding hydrogens is 228 g/mol. The fourth-order valence-electron chi connectivity index (χ4n) is 2.25. The molecular formula is C12H6N6. The lowest BCUT2D eigenvalue weighted by molar-refractivity contribution is 1.04. The van der Waals surface area contributed by atoms with E-state index in [0.717, 1.165) is 32.3 Å². The molecule has 0 aliphatic rings. The van der Waals surface area contributed by atoms with Gasteiger partial charge in [0.2, 0.25) is 0 Å². The summed E-state index contributed by atoms with van der Waals surface area (Å²) in [6.45, 7) is 0. The van der Waals surface area contributed by atoms with Crippen LogP contribution >= 0.6 is 0 Å². The largest absolute Gasteiger partial charge is 0.158 e. The van der Waals surface area contributed by atoms with Crippen LogP contribution in [0, 0.1) is 0 Å². The van der Waals surface area contributed by atoms with Crippen molar-refractivity contribution in [3.63, 3.8) is 0 Å². The van der Waals surface area contributed by atoms with E-state index in [2.05, 4.69) is 30.6 Å². The Bertz CT molecular complexity index is 668. The maximum atomic E-state index is 3.94. The van der Waals surface area contributed by atoms with Crippen molar-refractivity contribution in [3.8, 4) is 0 Å². The quantitative estimate of drug-likeness (QED) is 0.429. The normalized spacial score (nSPS) is 11.3. The van der Waals surface area contributed by atoms with Gasteiger partial charge in [0.05, 0.1) is 37.2 Å². The second-order valence-corrected chi connectivity index (χ2v) is 3.95. The highest BCUT2D eigenvalue weighted by atomic mass is 15.1. The molecule has 0 spiro atoms. The first-order valence-electron chi connectivity index (χ1n) is 5.38. The Kier molecular flexibility index (Phi) is 1.74. The summed E-state index contributed by atoms with van der Waals surface area (Å²) in [5.74, 6) is 0. The Morgan fingerprint density at radius 2 is 0.500 bits per heavy atom. The second-order valence-electron chi connectivity index (χ2n) is 3.95. The minimum atomic E-state index is 0.996. The summed E-state index contributed by atoms with van der Waals surface area (Å²) in [5, 5.41) is 29.6. The molecule has 3 heterocycles. The fourth-order valence-corrected chi connectivity index (χ4v) is 2.25. The van der Waals surface area contributed by atoms with Gasteiger partial charge in [-0.2, -0.15) is 30.6 Å². The van der Waals surface area contributed by atoms with Gasteiger partial charge in [0.15, 0.2) is 0 Å². The van der Waals surface area contributed by atoms with Gasteiger partial charge in [0.25, 0.3) is 0 Å². The Labute approximate surface area is 101 Å². The molecule has 18 heavy (non-hydrogen) atoms. The van der Waals surface area contributed by atoms with E-state index < -0.39 is 0 Å². The molecule has 0 aliphatic heterocycles. The summed E-state index contributed by atoms with van der Waals surface area (Å²) in [7, 11) is 0. The maximum Gasteiger partial charge on any atom is 0.0581 e. The van der Waals surface area contributed by atoms with Crippen LogP contribution in [-0.4, -0.2) is 30.6 Å². The molecule has 0 amide bonds. The van der Waals surface area contributed by atoms with Crippen molar-refractivity contribution in [2.24, 2.45) is 0 Å². The molecule has 4 rings (SSSR count). The Hall–Kier alpha value is -2.76. The first kappa shape index (κ1) is 9.29. The van der Waals surface area contributed by atoms with E-state index in [1.807, 2.05) is 0 Å². The van der Waals surface area contributed by atoms with Gasteiger partial charge in [0, 0.05) is 32.3 Å². The minimum absolute atomic E-state index is 0.996. The maximum absolute atomic E-state index is 3.94. The number of benzene rings is 1. The zero-order valence-corrected chi connectivity index (χ0v) is 9.15. The molecule has 3 aromatic heterocycles. The third kappa shape index (κ3) is 1.11. The zero-order valence-electron chi connectivity index (χ0n) is 9.15. The lowest BCUT2D eigenvalue weighted by atomic mass is 10.0. The van der Waals surface area contributed by atoms with Gasteiger partial charge in [-0.25, -0.2) is 0 Å². The lowest BCUT2D eigenvalue weighted by Gasteiger charge is -2.06. The summed E-state index contributed by atoms with van der Waals surface area (Å²) in [4.78, 5) is 0. The first-order valence-corrected chi connectivity index (χ1v) is 5.38. The lowest BCUT2D eigenvalue weighted by Crippen LogP contribution is -1.90. The summed E-state index contributed by atoms with van der Waals surface area (Å²) >= 11 is 0. The number of aromatic nitrogens is 6. The number of nitrogens with zero attached hydrogens (tertiary/aromatic N) is 6. The molecule has 0 N–H and O–H groups in total. The molecule has 1 aromatic carbocycles. The Morgan fingerprint density at radius 3 is 0.667 bits per heavy atom. The van der Waals surface area contributed by atoms with Crippen LogP contribution in [0.4, 0.5) is 0 Å². The smallest absolute Gasteiger partial charge is 0.0581 e. The molecule has 0 saturated carbocycles. The van der Waals surface area contributed by atoms with Crippen molar-refractivity contribution in [2.75, 3.05) is 0 Å². The van der Waals surface area contributed by atoms with E-state index in [4.69, 9.17) is 0 Å². The van der Waals surface area contributed by atoms with Gasteiger partial charge >= 0.3 is 0 Å². The molecule has 0 aliphatic carbocycles. The van der Waals surface area contributed by atoms with Crippen LogP contribution < -0.4 is 0 Å². The second kappa shape index (κ2) is 3.36. The third-order valence-corrected chi connectivity index (χ3v) is 3.06. The number of hydrogen-bond donors (Lipinski definition) is 0. The van der Waals surface area contributed by atoms with Crippen molar-refractivity contribution >= 4 is 32.3 Å². The monoisotopic (exact) mass is 234 g/mol. The Balaban J connectivity index is 2.46. The molecule has 4 aromatic rings. The first-order chi connectivity index (χ1) is 8.95. The predicted octanol–water partition coefficient (Wildman–Crippen LogP) is 1.52. The van der Waals surface area contributed by atoms with E-state index in [0.29, 0.717) is 0 Å². The zero-order chi connectivity index (χ0) is 11.9. The molecule has 0 saturated heterocycles. The van der Waals surface area contributed by atoms with Crippen LogP contribution in [0.2, 0.25) is 0 Å². The summed E-state index contributed by atoms with van der Waals surface area (Å²) < 4.78 is 0. The SMILES string of the molecule is c1nncc2c1c1cnncc1c1cnncc21. The fraction of sp³-hybridized carbons (Fsp3) is 0. The van der Waals surface area contributed by atoms with E-state index >= 15 is 0 Å².